The summed E-state index contributed by atoms with van der Waals surface area (Å²) in [5.41, 5.74) is 4.56. The third kappa shape index (κ3) is 4.55. The van der Waals surface area contributed by atoms with Gasteiger partial charge in [0.05, 0.1) is 11.1 Å². The third-order valence-corrected chi connectivity index (χ3v) is 5.21. The Labute approximate surface area is 162 Å². The van der Waals surface area contributed by atoms with E-state index >= 15 is 0 Å². The summed E-state index contributed by atoms with van der Waals surface area (Å²) in [6, 6.07) is 4.42. The van der Waals surface area contributed by atoms with Gasteiger partial charge in [0.25, 0.3) is 5.91 Å². The second-order valence-corrected chi connectivity index (χ2v) is 7.03. The van der Waals surface area contributed by atoms with Gasteiger partial charge in [-0.1, -0.05) is 18.9 Å². The fraction of sp³-hybridized carbons (Fsp3) is 0.556. The summed E-state index contributed by atoms with van der Waals surface area (Å²) in [4.78, 5) is 28.3. The molecule has 1 heterocycles. The molecule has 2 fully saturated rings. The van der Waals surface area contributed by atoms with Crippen molar-refractivity contribution in [3.8, 4) is 0 Å². The summed E-state index contributed by atoms with van der Waals surface area (Å²) in [5.74, 6) is -0.535. The average Bonchev–Trinajstić information content (AvgIpc) is 3.08. The van der Waals surface area contributed by atoms with Crippen LogP contribution in [0.1, 0.15) is 41.6 Å². The first-order valence-electron chi connectivity index (χ1n) is 8.75. The molecule has 1 saturated heterocycles. The van der Waals surface area contributed by atoms with Crippen LogP contribution in [0.2, 0.25) is 0 Å². The van der Waals surface area contributed by atoms with Crippen molar-refractivity contribution < 1.29 is 22.8 Å². The van der Waals surface area contributed by atoms with E-state index in [1.54, 1.807) is 4.90 Å². The van der Waals surface area contributed by atoms with Crippen molar-refractivity contribution >= 4 is 24.2 Å². The highest BCUT2D eigenvalue weighted by Gasteiger charge is 2.41. The van der Waals surface area contributed by atoms with Crippen molar-refractivity contribution in [1.29, 1.82) is 0 Å². The molecule has 0 unspecified atom stereocenters. The Morgan fingerprint density at radius 3 is 2.11 bits per heavy atom. The minimum absolute atomic E-state index is 0. The predicted molar refractivity (Wildman–Crippen MR) is 96.6 cm³/mol. The Kier molecular flexibility index (Phi) is 6.42. The molecule has 1 aliphatic carbocycles. The van der Waals surface area contributed by atoms with E-state index in [0.29, 0.717) is 25.9 Å². The highest BCUT2D eigenvalue weighted by molar-refractivity contribution is 5.94. The summed E-state index contributed by atoms with van der Waals surface area (Å²) >= 11 is 0. The molecule has 1 saturated carbocycles. The van der Waals surface area contributed by atoms with E-state index in [-0.39, 0.29) is 37.0 Å². The lowest BCUT2D eigenvalue weighted by atomic mass is 9.97. The lowest BCUT2D eigenvalue weighted by Crippen LogP contribution is -2.59. The fourth-order valence-electron chi connectivity index (χ4n) is 3.66. The van der Waals surface area contributed by atoms with Crippen molar-refractivity contribution in [1.82, 2.24) is 9.80 Å². The number of hydrogen-bond donors (Lipinski definition) is 1. The number of benzene rings is 1. The third-order valence-electron chi connectivity index (χ3n) is 5.21. The Hall–Kier alpha value is -1.80. The maximum absolute atomic E-state index is 12.8. The second-order valence-electron chi connectivity index (χ2n) is 7.03. The molecule has 27 heavy (non-hydrogen) atoms. The second kappa shape index (κ2) is 8.06. The number of halogens is 4. The van der Waals surface area contributed by atoms with Crippen molar-refractivity contribution in [2.75, 3.05) is 26.2 Å². The van der Waals surface area contributed by atoms with E-state index in [9.17, 15) is 22.8 Å². The van der Waals surface area contributed by atoms with E-state index in [2.05, 4.69) is 0 Å². The fourth-order valence-corrected chi connectivity index (χ4v) is 3.66. The molecular formula is C18H23ClF3N3O2. The minimum Gasteiger partial charge on any atom is -0.338 e. The molecule has 150 valence electrons. The maximum Gasteiger partial charge on any atom is 0.416 e. The van der Waals surface area contributed by atoms with E-state index < -0.39 is 23.2 Å². The van der Waals surface area contributed by atoms with E-state index in [0.717, 1.165) is 25.0 Å². The molecule has 1 aromatic rings. The summed E-state index contributed by atoms with van der Waals surface area (Å²) in [7, 11) is 0. The van der Waals surface area contributed by atoms with Gasteiger partial charge < -0.3 is 15.5 Å². The smallest absolute Gasteiger partial charge is 0.338 e. The van der Waals surface area contributed by atoms with E-state index in [1.807, 2.05) is 0 Å². The maximum atomic E-state index is 12.8. The van der Waals surface area contributed by atoms with E-state index in [4.69, 9.17) is 5.73 Å². The van der Waals surface area contributed by atoms with Gasteiger partial charge in [0.1, 0.15) is 0 Å². The normalized spacial score (nSPS) is 19.6. The molecule has 3 rings (SSSR count). The zero-order valence-corrected chi connectivity index (χ0v) is 15.6. The molecule has 0 radical (unpaired) electrons. The predicted octanol–water partition coefficient (Wildman–Crippen LogP) is 2.68. The van der Waals surface area contributed by atoms with Gasteiger partial charge in [-0.05, 0) is 31.0 Å². The van der Waals surface area contributed by atoms with Crippen LogP contribution in [0.15, 0.2) is 24.3 Å². The number of nitrogens with zero attached hydrogens (tertiary/aromatic N) is 2. The average molecular weight is 406 g/mol. The summed E-state index contributed by atoms with van der Waals surface area (Å²) in [5, 5.41) is 0. The molecule has 0 atom stereocenters. The van der Waals surface area contributed by atoms with Crippen molar-refractivity contribution in [2.24, 2.45) is 5.73 Å². The van der Waals surface area contributed by atoms with Crippen LogP contribution >= 0.6 is 12.4 Å². The summed E-state index contributed by atoms with van der Waals surface area (Å²) in [6.07, 6.45) is -1.25. The first kappa shape index (κ1) is 21.5. The molecule has 1 aliphatic heterocycles. The number of piperazine rings is 1. The molecule has 1 aromatic carbocycles. The molecule has 9 heteroatoms. The Morgan fingerprint density at radius 2 is 1.56 bits per heavy atom. The number of carbonyl (C=O) groups excluding carboxylic acids is 2. The zero-order valence-electron chi connectivity index (χ0n) is 14.8. The lowest BCUT2D eigenvalue weighted by Gasteiger charge is -2.38. The molecule has 2 amide bonds. The standard InChI is InChI=1S/C18H22F3N3O2.ClH/c19-18(20,21)14-5-3-4-13(12-14)15(25)23-8-10-24(11-9-23)16(26)17(22)6-1-2-7-17;/h3-5,12H,1-2,6-11,22H2;1H. The number of hydrogen-bond acceptors (Lipinski definition) is 3. The molecule has 2 N–H and O–H groups in total. The topological polar surface area (TPSA) is 66.6 Å². The SMILES string of the molecule is Cl.NC1(C(=O)N2CCN(C(=O)c3cccc(C(F)(F)F)c3)CC2)CCCC1. The highest BCUT2D eigenvalue weighted by atomic mass is 35.5. The highest BCUT2D eigenvalue weighted by Crippen LogP contribution is 2.31. The van der Waals surface area contributed by atoms with Gasteiger partial charge in [0.2, 0.25) is 5.91 Å². The lowest BCUT2D eigenvalue weighted by molar-refractivity contribution is -0.138. The van der Waals surface area contributed by atoms with Crippen LogP contribution in [-0.2, 0) is 11.0 Å². The van der Waals surface area contributed by atoms with Crippen LogP contribution in [0.4, 0.5) is 13.2 Å². The van der Waals surface area contributed by atoms with Gasteiger partial charge in [0, 0.05) is 31.7 Å². The first-order chi connectivity index (χ1) is 12.2. The minimum atomic E-state index is -4.49. The van der Waals surface area contributed by atoms with Crippen molar-refractivity contribution in [3.05, 3.63) is 35.4 Å². The molecular weight excluding hydrogens is 383 g/mol. The number of alkyl halides is 3. The first-order valence-corrected chi connectivity index (χ1v) is 8.75. The van der Waals surface area contributed by atoms with Gasteiger partial charge in [-0.3, -0.25) is 9.59 Å². The van der Waals surface area contributed by atoms with Gasteiger partial charge in [0.15, 0.2) is 0 Å². The number of carbonyl (C=O) groups is 2. The van der Waals surface area contributed by atoms with Gasteiger partial charge in [-0.15, -0.1) is 12.4 Å². The molecule has 5 nitrogen and oxygen atoms in total. The van der Waals surface area contributed by atoms with Crippen molar-refractivity contribution in [2.45, 2.75) is 37.4 Å². The van der Waals surface area contributed by atoms with Gasteiger partial charge >= 0.3 is 6.18 Å². The van der Waals surface area contributed by atoms with Gasteiger partial charge in [-0.25, -0.2) is 0 Å². The number of nitrogens with two attached hydrogens (primary N) is 1. The Balaban J connectivity index is 0.00000261. The van der Waals surface area contributed by atoms with Crippen LogP contribution in [0, 0.1) is 0 Å². The quantitative estimate of drug-likeness (QED) is 0.822. The summed E-state index contributed by atoms with van der Waals surface area (Å²) in [6.45, 7) is 1.28. The number of amides is 2. The molecule has 0 bridgehead atoms. The van der Waals surface area contributed by atoms with Crippen LogP contribution < -0.4 is 5.73 Å². The number of rotatable bonds is 2. The monoisotopic (exact) mass is 405 g/mol. The zero-order chi connectivity index (χ0) is 18.9. The van der Waals surface area contributed by atoms with Crippen LogP contribution in [0.3, 0.4) is 0 Å². The molecule has 0 spiro atoms. The largest absolute Gasteiger partial charge is 0.416 e. The van der Waals surface area contributed by atoms with Crippen LogP contribution in [0.25, 0.3) is 0 Å². The van der Waals surface area contributed by atoms with Crippen LogP contribution in [-0.4, -0.2) is 53.3 Å². The van der Waals surface area contributed by atoms with Crippen molar-refractivity contribution in [3.63, 3.8) is 0 Å². The summed E-state index contributed by atoms with van der Waals surface area (Å²) < 4.78 is 38.5. The Morgan fingerprint density at radius 1 is 1.00 bits per heavy atom. The van der Waals surface area contributed by atoms with Crippen LogP contribution in [0.5, 0.6) is 0 Å². The Bertz CT molecular complexity index is 697. The molecule has 2 aliphatic rings. The molecule has 0 aromatic heterocycles. The van der Waals surface area contributed by atoms with Gasteiger partial charge in [-0.2, -0.15) is 13.2 Å². The van der Waals surface area contributed by atoms with E-state index in [1.165, 1.54) is 17.0 Å².